The molecule has 13 heavy (non-hydrogen) atoms. The van der Waals surface area contributed by atoms with Crippen molar-refractivity contribution in [1.82, 2.24) is 5.32 Å². The van der Waals surface area contributed by atoms with Crippen LogP contribution in [0.15, 0.2) is 0 Å². The van der Waals surface area contributed by atoms with Gasteiger partial charge in [-0.3, -0.25) is 0 Å². The van der Waals surface area contributed by atoms with E-state index in [4.69, 9.17) is 0 Å². The molecule has 0 bridgehead atoms. The van der Waals surface area contributed by atoms with E-state index in [9.17, 15) is 5.11 Å². The van der Waals surface area contributed by atoms with E-state index in [1.165, 1.54) is 12.8 Å². The van der Waals surface area contributed by atoms with Gasteiger partial charge in [0.1, 0.15) is 0 Å². The molecule has 0 aliphatic heterocycles. The number of nitrogens with one attached hydrogen (secondary N) is 1. The summed E-state index contributed by atoms with van der Waals surface area (Å²) in [5, 5.41) is 12.8. The minimum Gasteiger partial charge on any atom is -0.393 e. The van der Waals surface area contributed by atoms with Crippen LogP contribution in [0.1, 0.15) is 39.5 Å². The Labute approximate surface area is 81.7 Å². The summed E-state index contributed by atoms with van der Waals surface area (Å²) >= 11 is 0. The molecule has 1 aliphatic carbocycles. The molecule has 0 amide bonds. The average molecular weight is 185 g/mol. The first-order valence-corrected chi connectivity index (χ1v) is 5.57. The van der Waals surface area contributed by atoms with Crippen molar-refractivity contribution < 1.29 is 5.11 Å². The molecule has 2 unspecified atom stereocenters. The molecule has 0 saturated heterocycles. The molecule has 2 nitrogen and oxygen atoms in total. The normalized spacial score (nSPS) is 28.6. The number of rotatable bonds is 5. The van der Waals surface area contributed by atoms with Gasteiger partial charge in [0.2, 0.25) is 0 Å². The molecule has 2 heteroatoms. The van der Waals surface area contributed by atoms with Crippen LogP contribution >= 0.6 is 0 Å². The molecule has 1 fully saturated rings. The lowest BCUT2D eigenvalue weighted by Crippen LogP contribution is -2.23. The average Bonchev–Trinajstić information content (AvgIpc) is 2.45. The van der Waals surface area contributed by atoms with Crippen molar-refractivity contribution in [3.63, 3.8) is 0 Å². The van der Waals surface area contributed by atoms with E-state index >= 15 is 0 Å². The lowest BCUT2D eigenvalue weighted by atomic mass is 10.1. The summed E-state index contributed by atoms with van der Waals surface area (Å²) in [6.07, 6.45) is 4.47. The minimum absolute atomic E-state index is 0.0168. The highest BCUT2D eigenvalue weighted by atomic mass is 16.3. The number of aliphatic hydroxyl groups excluding tert-OH is 1. The van der Waals surface area contributed by atoms with Crippen LogP contribution in [0.2, 0.25) is 0 Å². The predicted molar refractivity (Wildman–Crippen MR) is 55.7 cm³/mol. The Kier molecular flexibility index (Phi) is 4.74. The monoisotopic (exact) mass is 185 g/mol. The van der Waals surface area contributed by atoms with Crippen molar-refractivity contribution in [3.8, 4) is 0 Å². The largest absolute Gasteiger partial charge is 0.393 e. The van der Waals surface area contributed by atoms with Crippen LogP contribution in [-0.4, -0.2) is 24.3 Å². The van der Waals surface area contributed by atoms with Crippen molar-refractivity contribution in [2.24, 2.45) is 11.8 Å². The van der Waals surface area contributed by atoms with Crippen LogP contribution in [0.25, 0.3) is 0 Å². The SMILES string of the molecule is CC(C)CCNCC1CCC(O)C1. The van der Waals surface area contributed by atoms with E-state index in [1.807, 2.05) is 0 Å². The topological polar surface area (TPSA) is 32.3 Å². The van der Waals surface area contributed by atoms with Gasteiger partial charge in [0.25, 0.3) is 0 Å². The maximum absolute atomic E-state index is 9.32. The highest BCUT2D eigenvalue weighted by Crippen LogP contribution is 2.24. The van der Waals surface area contributed by atoms with Gasteiger partial charge in [-0.05, 0) is 50.6 Å². The Balaban J connectivity index is 1.94. The zero-order valence-electron chi connectivity index (χ0n) is 8.92. The molecule has 0 aromatic heterocycles. The standard InChI is InChI=1S/C11H23NO/c1-9(2)5-6-12-8-10-3-4-11(13)7-10/h9-13H,3-8H2,1-2H3. The zero-order valence-corrected chi connectivity index (χ0v) is 8.92. The molecule has 78 valence electrons. The summed E-state index contributed by atoms with van der Waals surface area (Å²) in [7, 11) is 0. The van der Waals surface area contributed by atoms with Gasteiger partial charge >= 0.3 is 0 Å². The van der Waals surface area contributed by atoms with Crippen LogP contribution in [-0.2, 0) is 0 Å². The summed E-state index contributed by atoms with van der Waals surface area (Å²) < 4.78 is 0. The van der Waals surface area contributed by atoms with E-state index in [0.717, 1.165) is 37.8 Å². The van der Waals surface area contributed by atoms with Gasteiger partial charge in [-0.1, -0.05) is 13.8 Å². The van der Waals surface area contributed by atoms with E-state index in [0.29, 0.717) is 0 Å². The molecule has 1 saturated carbocycles. The third-order valence-corrected chi connectivity index (χ3v) is 2.85. The minimum atomic E-state index is -0.0168. The quantitative estimate of drug-likeness (QED) is 0.640. The summed E-state index contributed by atoms with van der Waals surface area (Å²) in [5.74, 6) is 1.52. The fourth-order valence-corrected chi connectivity index (χ4v) is 1.93. The van der Waals surface area contributed by atoms with Gasteiger partial charge in [0.15, 0.2) is 0 Å². The second-order valence-electron chi connectivity index (χ2n) is 4.72. The third kappa shape index (κ3) is 4.63. The summed E-state index contributed by atoms with van der Waals surface area (Å²) in [6.45, 7) is 6.73. The predicted octanol–water partition coefficient (Wildman–Crippen LogP) is 1.78. The Morgan fingerprint density at radius 1 is 1.38 bits per heavy atom. The van der Waals surface area contributed by atoms with Crippen molar-refractivity contribution in [1.29, 1.82) is 0 Å². The Morgan fingerprint density at radius 2 is 2.15 bits per heavy atom. The summed E-state index contributed by atoms with van der Waals surface area (Å²) in [4.78, 5) is 0. The molecule has 0 radical (unpaired) electrons. The molecule has 1 aliphatic rings. The first kappa shape index (κ1) is 11.0. The molecule has 2 atom stereocenters. The van der Waals surface area contributed by atoms with Crippen LogP contribution < -0.4 is 5.32 Å². The van der Waals surface area contributed by atoms with Crippen molar-refractivity contribution in [2.75, 3.05) is 13.1 Å². The maximum atomic E-state index is 9.32. The van der Waals surface area contributed by atoms with Gasteiger partial charge in [-0.15, -0.1) is 0 Å². The molecule has 0 heterocycles. The molecule has 1 rings (SSSR count). The van der Waals surface area contributed by atoms with Crippen molar-refractivity contribution in [2.45, 2.75) is 45.6 Å². The maximum Gasteiger partial charge on any atom is 0.0543 e. The molecule has 0 spiro atoms. The fourth-order valence-electron chi connectivity index (χ4n) is 1.93. The van der Waals surface area contributed by atoms with Crippen LogP contribution in [0, 0.1) is 11.8 Å². The van der Waals surface area contributed by atoms with E-state index in [2.05, 4.69) is 19.2 Å². The summed E-state index contributed by atoms with van der Waals surface area (Å²) in [6, 6.07) is 0. The van der Waals surface area contributed by atoms with E-state index < -0.39 is 0 Å². The second kappa shape index (κ2) is 5.61. The lowest BCUT2D eigenvalue weighted by Gasteiger charge is -2.11. The first-order valence-electron chi connectivity index (χ1n) is 5.57. The van der Waals surface area contributed by atoms with E-state index in [1.54, 1.807) is 0 Å². The van der Waals surface area contributed by atoms with Gasteiger partial charge < -0.3 is 10.4 Å². The Morgan fingerprint density at radius 3 is 2.69 bits per heavy atom. The highest BCUT2D eigenvalue weighted by Gasteiger charge is 2.21. The molecule has 2 N–H and O–H groups in total. The Bertz CT molecular complexity index is 136. The van der Waals surface area contributed by atoms with E-state index in [-0.39, 0.29) is 6.10 Å². The molecular formula is C11H23NO. The van der Waals surface area contributed by atoms with Crippen LogP contribution in [0.5, 0.6) is 0 Å². The second-order valence-corrected chi connectivity index (χ2v) is 4.72. The number of hydrogen-bond acceptors (Lipinski definition) is 2. The van der Waals surface area contributed by atoms with Gasteiger partial charge in [-0.2, -0.15) is 0 Å². The number of aliphatic hydroxyl groups is 1. The number of hydrogen-bond donors (Lipinski definition) is 2. The molecule has 0 aromatic carbocycles. The fraction of sp³-hybridized carbons (Fsp3) is 1.00. The van der Waals surface area contributed by atoms with Crippen LogP contribution in [0.4, 0.5) is 0 Å². The zero-order chi connectivity index (χ0) is 9.68. The smallest absolute Gasteiger partial charge is 0.0543 e. The van der Waals surface area contributed by atoms with Gasteiger partial charge in [-0.25, -0.2) is 0 Å². The van der Waals surface area contributed by atoms with Gasteiger partial charge in [0, 0.05) is 0 Å². The summed E-state index contributed by atoms with van der Waals surface area (Å²) in [5.41, 5.74) is 0. The van der Waals surface area contributed by atoms with Crippen molar-refractivity contribution in [3.05, 3.63) is 0 Å². The molecular weight excluding hydrogens is 162 g/mol. The lowest BCUT2D eigenvalue weighted by molar-refractivity contribution is 0.177. The highest BCUT2D eigenvalue weighted by molar-refractivity contribution is 4.76. The van der Waals surface area contributed by atoms with Crippen molar-refractivity contribution >= 4 is 0 Å². The third-order valence-electron chi connectivity index (χ3n) is 2.85. The molecule has 0 aromatic rings. The Hall–Kier alpha value is -0.0800. The first-order chi connectivity index (χ1) is 6.18. The van der Waals surface area contributed by atoms with Gasteiger partial charge in [0.05, 0.1) is 6.10 Å². The van der Waals surface area contributed by atoms with Crippen LogP contribution in [0.3, 0.4) is 0 Å².